The van der Waals surface area contributed by atoms with E-state index in [1.165, 1.54) is 0 Å². The van der Waals surface area contributed by atoms with Gasteiger partial charge < -0.3 is 14.1 Å². The summed E-state index contributed by atoms with van der Waals surface area (Å²) in [7, 11) is 0. The van der Waals surface area contributed by atoms with Crippen LogP contribution < -0.4 is 0 Å². The number of fused-ring (bicyclic) bond motifs is 1. The van der Waals surface area contributed by atoms with E-state index in [1.807, 2.05) is 58.9 Å². The number of carbonyl (C=O) groups excluding carboxylic acids is 1. The predicted molar refractivity (Wildman–Crippen MR) is 126 cm³/mol. The normalized spacial score (nSPS) is 15.1. The summed E-state index contributed by atoms with van der Waals surface area (Å²) in [6, 6.07) is 5.67. The van der Waals surface area contributed by atoms with Crippen LogP contribution >= 0.6 is 0 Å². The third-order valence-corrected chi connectivity index (χ3v) is 5.10. The second-order valence-corrected chi connectivity index (χ2v) is 8.78. The fraction of sp³-hybridized carbons (Fsp3) is 0.346. The number of ether oxygens (including phenoxy) is 1. The van der Waals surface area contributed by atoms with E-state index in [0.29, 0.717) is 42.1 Å². The van der Waals surface area contributed by atoms with E-state index in [1.54, 1.807) is 17.0 Å². The molecule has 0 aliphatic carbocycles. The zero-order valence-electron chi connectivity index (χ0n) is 19.4. The van der Waals surface area contributed by atoms with Crippen molar-refractivity contribution in [2.24, 2.45) is 0 Å². The molecule has 1 amide bonds. The summed E-state index contributed by atoms with van der Waals surface area (Å²) in [4.78, 5) is 18.5. The van der Waals surface area contributed by atoms with Crippen molar-refractivity contribution in [2.45, 2.75) is 46.6 Å². The van der Waals surface area contributed by atoms with Gasteiger partial charge in [-0.15, -0.1) is 0 Å². The molecule has 0 N–H and O–H groups in total. The van der Waals surface area contributed by atoms with Crippen molar-refractivity contribution in [3.8, 4) is 6.07 Å². The molecule has 0 spiro atoms. The number of allylic oxidation sites excluding steroid dienone is 5. The molecule has 0 saturated heterocycles. The molecule has 0 bridgehead atoms. The number of aromatic nitrogens is 1. The number of hydrogen-bond donors (Lipinski definition) is 0. The highest BCUT2D eigenvalue weighted by atomic mass is 16.6. The lowest BCUT2D eigenvalue weighted by atomic mass is 10.00. The third kappa shape index (κ3) is 5.36. The number of nitriles is 1. The van der Waals surface area contributed by atoms with Gasteiger partial charge in [-0.05, 0) is 76.0 Å². The molecule has 0 unspecified atom stereocenters. The van der Waals surface area contributed by atoms with Gasteiger partial charge in [0.2, 0.25) is 5.89 Å². The minimum Gasteiger partial charge on any atom is -0.444 e. The number of hydrogen-bond acceptors (Lipinski definition) is 5. The number of carbonyl (C=O) groups is 1. The van der Waals surface area contributed by atoms with Gasteiger partial charge >= 0.3 is 6.09 Å². The lowest BCUT2D eigenvalue weighted by molar-refractivity contribution is 0.0266. The fourth-order valence-corrected chi connectivity index (χ4v) is 3.43. The van der Waals surface area contributed by atoms with E-state index in [4.69, 9.17) is 9.15 Å². The predicted octanol–water partition coefficient (Wildman–Crippen LogP) is 6.09. The van der Waals surface area contributed by atoms with Crippen molar-refractivity contribution in [3.05, 3.63) is 71.2 Å². The van der Waals surface area contributed by atoms with Crippen molar-refractivity contribution in [1.29, 1.82) is 5.26 Å². The van der Waals surface area contributed by atoms with E-state index in [0.717, 1.165) is 22.3 Å². The SMILES string of the molecule is C=C(/C=C\C(=C/C)c1nc2cc(C#N)cc(C)c2o1)C1=CCN(C(=O)OC(C)(C)C)CC1. The maximum absolute atomic E-state index is 12.2. The van der Waals surface area contributed by atoms with Crippen molar-refractivity contribution in [2.75, 3.05) is 13.1 Å². The molecule has 32 heavy (non-hydrogen) atoms. The number of amides is 1. The molecule has 2 heterocycles. The minimum atomic E-state index is -0.504. The molecule has 1 aliphatic heterocycles. The topological polar surface area (TPSA) is 79.4 Å². The van der Waals surface area contributed by atoms with Gasteiger partial charge in [-0.25, -0.2) is 9.78 Å². The summed E-state index contributed by atoms with van der Waals surface area (Å²) in [6.45, 7) is 14.7. The van der Waals surface area contributed by atoms with Crippen LogP contribution in [0.3, 0.4) is 0 Å². The van der Waals surface area contributed by atoms with Crippen LogP contribution in [0.1, 0.15) is 51.1 Å². The number of oxazole rings is 1. The van der Waals surface area contributed by atoms with Crippen molar-refractivity contribution in [1.82, 2.24) is 9.88 Å². The van der Waals surface area contributed by atoms with Crippen LogP contribution in [-0.4, -0.2) is 34.7 Å². The average Bonchev–Trinajstić information content (AvgIpc) is 3.17. The first kappa shape index (κ1) is 23.1. The minimum absolute atomic E-state index is 0.295. The van der Waals surface area contributed by atoms with E-state index in [-0.39, 0.29) is 6.09 Å². The Morgan fingerprint density at radius 1 is 1.34 bits per heavy atom. The second kappa shape index (κ2) is 9.27. The maximum atomic E-state index is 12.2. The average molecular weight is 432 g/mol. The molecule has 1 aromatic carbocycles. The molecule has 1 aromatic heterocycles. The zero-order chi connectivity index (χ0) is 23.5. The van der Waals surface area contributed by atoms with E-state index in [9.17, 15) is 10.1 Å². The monoisotopic (exact) mass is 431 g/mol. The third-order valence-electron chi connectivity index (χ3n) is 5.10. The molecule has 6 nitrogen and oxygen atoms in total. The lowest BCUT2D eigenvalue weighted by Crippen LogP contribution is -2.39. The van der Waals surface area contributed by atoms with Crippen LogP contribution in [0.2, 0.25) is 0 Å². The molecule has 1 aliphatic rings. The molecular weight excluding hydrogens is 402 g/mol. The number of aryl methyl sites for hydroxylation is 1. The van der Waals surface area contributed by atoms with E-state index >= 15 is 0 Å². The summed E-state index contributed by atoms with van der Waals surface area (Å²) in [5, 5.41) is 9.17. The van der Waals surface area contributed by atoms with Crippen LogP contribution in [0, 0.1) is 18.3 Å². The van der Waals surface area contributed by atoms with Crippen LogP contribution in [0.15, 0.2) is 58.6 Å². The Morgan fingerprint density at radius 2 is 2.09 bits per heavy atom. The Labute approximate surface area is 189 Å². The number of rotatable bonds is 4. The number of nitrogens with zero attached hydrogens (tertiary/aromatic N) is 3. The van der Waals surface area contributed by atoms with Crippen LogP contribution in [0.5, 0.6) is 0 Å². The van der Waals surface area contributed by atoms with Gasteiger partial charge in [0.25, 0.3) is 0 Å². The molecular formula is C26H29N3O3. The number of benzene rings is 1. The Morgan fingerprint density at radius 3 is 2.69 bits per heavy atom. The molecule has 6 heteroatoms. The summed E-state index contributed by atoms with van der Waals surface area (Å²) in [5.74, 6) is 0.499. The van der Waals surface area contributed by atoms with Crippen LogP contribution in [0.4, 0.5) is 4.79 Å². The Balaban J connectivity index is 1.71. The van der Waals surface area contributed by atoms with Crippen molar-refractivity contribution >= 4 is 22.8 Å². The summed E-state index contributed by atoms with van der Waals surface area (Å²) in [5.41, 5.74) is 5.09. The highest BCUT2D eigenvalue weighted by molar-refractivity contribution is 5.82. The molecule has 0 fully saturated rings. The molecule has 166 valence electrons. The van der Waals surface area contributed by atoms with Crippen LogP contribution in [-0.2, 0) is 4.74 Å². The second-order valence-electron chi connectivity index (χ2n) is 8.78. The first-order valence-electron chi connectivity index (χ1n) is 10.6. The Bertz CT molecular complexity index is 1180. The van der Waals surface area contributed by atoms with E-state index < -0.39 is 5.60 Å². The summed E-state index contributed by atoms with van der Waals surface area (Å²) >= 11 is 0. The molecule has 0 atom stereocenters. The largest absolute Gasteiger partial charge is 0.444 e. The molecule has 0 radical (unpaired) electrons. The van der Waals surface area contributed by atoms with Crippen molar-refractivity contribution in [3.63, 3.8) is 0 Å². The molecule has 2 aromatic rings. The van der Waals surface area contributed by atoms with Crippen LogP contribution in [0.25, 0.3) is 16.7 Å². The smallest absolute Gasteiger partial charge is 0.410 e. The first-order chi connectivity index (χ1) is 15.1. The van der Waals surface area contributed by atoms with E-state index in [2.05, 4.69) is 17.6 Å². The first-order valence-corrected chi connectivity index (χ1v) is 10.6. The Hall–Kier alpha value is -3.59. The quantitative estimate of drug-likeness (QED) is 0.547. The molecule has 0 saturated carbocycles. The van der Waals surface area contributed by atoms with Crippen molar-refractivity contribution < 1.29 is 13.9 Å². The van der Waals surface area contributed by atoms with Gasteiger partial charge in [0.1, 0.15) is 11.1 Å². The zero-order valence-corrected chi connectivity index (χ0v) is 19.4. The van der Waals surface area contributed by atoms with Gasteiger partial charge in [0.15, 0.2) is 5.58 Å². The van der Waals surface area contributed by atoms with Gasteiger partial charge in [0, 0.05) is 18.7 Å². The molecule has 3 rings (SSSR count). The van der Waals surface area contributed by atoms with Gasteiger partial charge in [0.05, 0.1) is 11.6 Å². The fourth-order valence-electron chi connectivity index (χ4n) is 3.43. The lowest BCUT2D eigenvalue weighted by Gasteiger charge is -2.29. The van der Waals surface area contributed by atoms with Gasteiger partial charge in [-0.2, -0.15) is 5.26 Å². The van der Waals surface area contributed by atoms with Gasteiger partial charge in [-0.3, -0.25) is 0 Å². The highest BCUT2D eigenvalue weighted by Gasteiger charge is 2.23. The highest BCUT2D eigenvalue weighted by Crippen LogP contribution is 2.27. The summed E-state index contributed by atoms with van der Waals surface area (Å²) in [6.07, 6.45) is 8.22. The standard InChI is InChI=1S/C26H29N3O3/c1-7-20(24-28-22-15-19(16-27)14-18(3)23(22)31-24)9-8-17(2)21-10-12-29(13-11-21)25(30)32-26(4,5)6/h7-10,14-15H,2,11-13H2,1,3-6H3/b9-8-,20-7+. The summed E-state index contributed by atoms with van der Waals surface area (Å²) < 4.78 is 11.4. The maximum Gasteiger partial charge on any atom is 0.410 e. The Kier molecular flexibility index (Phi) is 6.69. The van der Waals surface area contributed by atoms with Gasteiger partial charge in [-0.1, -0.05) is 24.8 Å².